The molecular weight excluding hydrogens is 294 g/mol. The molecule has 2 aromatic rings. The van der Waals surface area contributed by atoms with Crippen LogP contribution in [-0.4, -0.2) is 36.7 Å². The van der Waals surface area contributed by atoms with Crippen molar-refractivity contribution in [3.05, 3.63) is 60.2 Å². The summed E-state index contributed by atoms with van der Waals surface area (Å²) in [7, 11) is 0. The van der Waals surface area contributed by atoms with Crippen LogP contribution in [0, 0.1) is 6.92 Å². The fraction of sp³-hybridized carbons (Fsp3) is 0.333. The molecule has 118 valence electrons. The van der Waals surface area contributed by atoms with Crippen molar-refractivity contribution in [1.29, 1.82) is 0 Å². The summed E-state index contributed by atoms with van der Waals surface area (Å²) in [6, 6.07) is 18.2. The Balaban J connectivity index is 1.56. The number of rotatable bonds is 9. The van der Waals surface area contributed by atoms with Gasteiger partial charge in [0.05, 0.1) is 0 Å². The Morgan fingerprint density at radius 2 is 1.82 bits per heavy atom. The number of hydrogen-bond acceptors (Lipinski definition) is 4. The molecule has 0 spiro atoms. The van der Waals surface area contributed by atoms with E-state index in [1.165, 1.54) is 4.90 Å². The largest absolute Gasteiger partial charge is 0.491 e. The van der Waals surface area contributed by atoms with Gasteiger partial charge in [-0.2, -0.15) is 0 Å². The van der Waals surface area contributed by atoms with E-state index in [2.05, 4.69) is 17.4 Å². The smallest absolute Gasteiger partial charge is 0.122 e. The molecule has 0 saturated carbocycles. The van der Waals surface area contributed by atoms with Crippen molar-refractivity contribution in [2.75, 3.05) is 25.4 Å². The second-order valence-corrected chi connectivity index (χ2v) is 6.26. The molecule has 2 aromatic carbocycles. The Morgan fingerprint density at radius 3 is 2.59 bits per heavy atom. The first-order chi connectivity index (χ1) is 10.8. The normalized spacial score (nSPS) is 12.1. The van der Waals surface area contributed by atoms with Crippen molar-refractivity contribution in [1.82, 2.24) is 5.32 Å². The summed E-state index contributed by atoms with van der Waals surface area (Å²) in [6.07, 6.45) is -0.499. The van der Waals surface area contributed by atoms with E-state index >= 15 is 0 Å². The lowest BCUT2D eigenvalue weighted by Gasteiger charge is -2.14. The van der Waals surface area contributed by atoms with E-state index in [4.69, 9.17) is 4.74 Å². The monoisotopic (exact) mass is 317 g/mol. The van der Waals surface area contributed by atoms with Crippen LogP contribution in [0.15, 0.2) is 59.5 Å². The van der Waals surface area contributed by atoms with Crippen molar-refractivity contribution >= 4 is 11.8 Å². The van der Waals surface area contributed by atoms with Gasteiger partial charge in [0.25, 0.3) is 0 Å². The first-order valence-corrected chi connectivity index (χ1v) is 8.49. The van der Waals surface area contributed by atoms with Crippen LogP contribution in [0.3, 0.4) is 0 Å². The third-order valence-electron chi connectivity index (χ3n) is 3.20. The van der Waals surface area contributed by atoms with E-state index in [-0.39, 0.29) is 0 Å². The Morgan fingerprint density at radius 1 is 1.09 bits per heavy atom. The molecule has 22 heavy (non-hydrogen) atoms. The average Bonchev–Trinajstić information content (AvgIpc) is 2.55. The summed E-state index contributed by atoms with van der Waals surface area (Å²) in [5, 5.41) is 13.2. The standard InChI is InChI=1S/C18H23NO2S/c1-15-7-5-6-10-18(15)21-14-16(20)13-19-11-12-22-17-8-3-2-4-9-17/h2-10,16,19-20H,11-14H2,1H3/t16-/m1/s1. The van der Waals surface area contributed by atoms with E-state index in [0.29, 0.717) is 13.2 Å². The van der Waals surface area contributed by atoms with Gasteiger partial charge in [0.2, 0.25) is 0 Å². The first-order valence-electron chi connectivity index (χ1n) is 7.51. The van der Waals surface area contributed by atoms with E-state index in [9.17, 15) is 5.11 Å². The lowest BCUT2D eigenvalue weighted by molar-refractivity contribution is 0.106. The Labute approximate surface area is 136 Å². The SMILES string of the molecule is Cc1ccccc1OC[C@H](O)CNCCSc1ccccc1. The van der Waals surface area contributed by atoms with Gasteiger partial charge >= 0.3 is 0 Å². The van der Waals surface area contributed by atoms with Crippen LogP contribution in [0.1, 0.15) is 5.56 Å². The number of ether oxygens (including phenoxy) is 1. The molecule has 0 aliphatic carbocycles. The molecule has 0 fully saturated rings. The summed E-state index contributed by atoms with van der Waals surface area (Å²) in [5.74, 6) is 1.82. The Bertz CT molecular complexity index is 548. The number of aliphatic hydroxyl groups excluding tert-OH is 1. The molecule has 0 heterocycles. The molecule has 0 radical (unpaired) electrons. The molecule has 3 nitrogen and oxygen atoms in total. The van der Waals surface area contributed by atoms with Gasteiger partial charge in [0.1, 0.15) is 18.5 Å². The number of para-hydroxylation sites is 1. The van der Waals surface area contributed by atoms with Crippen molar-refractivity contribution in [2.24, 2.45) is 0 Å². The summed E-state index contributed by atoms with van der Waals surface area (Å²) in [6.45, 7) is 3.71. The zero-order valence-corrected chi connectivity index (χ0v) is 13.7. The van der Waals surface area contributed by atoms with Crippen LogP contribution in [0.2, 0.25) is 0 Å². The predicted octanol–water partition coefficient (Wildman–Crippen LogP) is 3.12. The molecule has 0 amide bonds. The van der Waals surface area contributed by atoms with Gasteiger partial charge in [-0.3, -0.25) is 0 Å². The second-order valence-electron chi connectivity index (χ2n) is 5.10. The molecule has 0 aliphatic rings. The van der Waals surface area contributed by atoms with Gasteiger partial charge in [-0.15, -0.1) is 11.8 Å². The Kier molecular flexibility index (Phi) is 7.30. The van der Waals surface area contributed by atoms with Crippen LogP contribution >= 0.6 is 11.8 Å². The molecular formula is C18H23NO2S. The highest BCUT2D eigenvalue weighted by Crippen LogP contribution is 2.16. The number of hydrogen-bond donors (Lipinski definition) is 2. The average molecular weight is 317 g/mol. The maximum atomic E-state index is 9.92. The fourth-order valence-electron chi connectivity index (χ4n) is 1.99. The number of nitrogens with one attached hydrogen (secondary N) is 1. The fourth-order valence-corrected chi connectivity index (χ4v) is 2.82. The maximum Gasteiger partial charge on any atom is 0.122 e. The second kappa shape index (κ2) is 9.51. The van der Waals surface area contributed by atoms with Gasteiger partial charge in [0, 0.05) is 23.7 Å². The van der Waals surface area contributed by atoms with Crippen molar-refractivity contribution in [2.45, 2.75) is 17.9 Å². The zero-order chi connectivity index (χ0) is 15.6. The van der Waals surface area contributed by atoms with Crippen LogP contribution in [-0.2, 0) is 0 Å². The van der Waals surface area contributed by atoms with Crippen LogP contribution in [0.4, 0.5) is 0 Å². The zero-order valence-electron chi connectivity index (χ0n) is 12.9. The van der Waals surface area contributed by atoms with Gasteiger partial charge in [-0.25, -0.2) is 0 Å². The predicted molar refractivity (Wildman–Crippen MR) is 92.7 cm³/mol. The first kappa shape index (κ1) is 16.9. The minimum atomic E-state index is -0.499. The van der Waals surface area contributed by atoms with E-state index in [1.54, 1.807) is 0 Å². The van der Waals surface area contributed by atoms with Crippen molar-refractivity contribution < 1.29 is 9.84 Å². The molecule has 2 rings (SSSR count). The number of aliphatic hydroxyl groups is 1. The highest BCUT2D eigenvalue weighted by Gasteiger charge is 2.06. The van der Waals surface area contributed by atoms with Gasteiger partial charge in [-0.05, 0) is 30.7 Å². The third-order valence-corrected chi connectivity index (χ3v) is 4.21. The van der Waals surface area contributed by atoms with Crippen LogP contribution in [0.25, 0.3) is 0 Å². The molecule has 0 aliphatic heterocycles. The molecule has 0 unspecified atom stereocenters. The molecule has 0 aromatic heterocycles. The van der Waals surface area contributed by atoms with E-state index < -0.39 is 6.10 Å². The van der Waals surface area contributed by atoms with E-state index in [0.717, 1.165) is 23.6 Å². The number of thioether (sulfide) groups is 1. The molecule has 0 bridgehead atoms. The lowest BCUT2D eigenvalue weighted by Crippen LogP contribution is -2.32. The minimum absolute atomic E-state index is 0.309. The maximum absolute atomic E-state index is 9.92. The highest BCUT2D eigenvalue weighted by molar-refractivity contribution is 7.99. The number of aryl methyl sites for hydroxylation is 1. The Hall–Kier alpha value is -1.49. The summed E-state index contributed by atoms with van der Waals surface area (Å²) < 4.78 is 5.63. The molecule has 2 N–H and O–H groups in total. The van der Waals surface area contributed by atoms with Gasteiger partial charge in [0.15, 0.2) is 0 Å². The quantitative estimate of drug-likeness (QED) is 0.551. The topological polar surface area (TPSA) is 41.5 Å². The third kappa shape index (κ3) is 6.10. The van der Waals surface area contributed by atoms with Crippen LogP contribution in [0.5, 0.6) is 5.75 Å². The van der Waals surface area contributed by atoms with E-state index in [1.807, 2.05) is 61.2 Å². The summed E-state index contributed by atoms with van der Waals surface area (Å²) in [4.78, 5) is 1.27. The molecule has 4 heteroatoms. The lowest BCUT2D eigenvalue weighted by atomic mass is 10.2. The summed E-state index contributed by atoms with van der Waals surface area (Å²) >= 11 is 1.81. The van der Waals surface area contributed by atoms with Crippen molar-refractivity contribution in [3.8, 4) is 5.75 Å². The minimum Gasteiger partial charge on any atom is -0.491 e. The van der Waals surface area contributed by atoms with Gasteiger partial charge < -0.3 is 15.2 Å². The highest BCUT2D eigenvalue weighted by atomic mass is 32.2. The van der Waals surface area contributed by atoms with Gasteiger partial charge in [-0.1, -0.05) is 36.4 Å². The number of benzene rings is 2. The molecule has 0 saturated heterocycles. The summed E-state index contributed by atoms with van der Waals surface area (Å²) in [5.41, 5.74) is 1.09. The van der Waals surface area contributed by atoms with Crippen LogP contribution < -0.4 is 10.1 Å². The van der Waals surface area contributed by atoms with Crippen molar-refractivity contribution in [3.63, 3.8) is 0 Å². The molecule has 1 atom stereocenters.